The Balaban J connectivity index is 2.40. The van der Waals surface area contributed by atoms with Crippen molar-refractivity contribution in [3.05, 3.63) is 24.8 Å². The van der Waals surface area contributed by atoms with Gasteiger partial charge in [-0.2, -0.15) is 0 Å². The van der Waals surface area contributed by atoms with E-state index in [2.05, 4.69) is 12.7 Å². The molecule has 0 aromatic heterocycles. The first-order chi connectivity index (χ1) is 5.72. The fraction of sp³-hybridized carbons (Fsp3) is 0.600. The Morgan fingerprint density at radius 1 is 1.67 bits per heavy atom. The number of ether oxygens (including phenoxy) is 2. The molecule has 1 aliphatic rings. The lowest BCUT2D eigenvalue weighted by Gasteiger charge is -2.25. The molecule has 0 fully saturated rings. The van der Waals surface area contributed by atoms with Crippen LogP contribution in [0.4, 0.5) is 0 Å². The predicted molar refractivity (Wildman–Crippen MR) is 48.8 cm³/mol. The molecule has 0 saturated carbocycles. The molecule has 0 aromatic rings. The van der Waals surface area contributed by atoms with Crippen LogP contribution in [-0.4, -0.2) is 18.5 Å². The van der Waals surface area contributed by atoms with E-state index < -0.39 is 0 Å². The van der Waals surface area contributed by atoms with Crippen LogP contribution in [-0.2, 0) is 9.47 Å². The van der Waals surface area contributed by atoms with Gasteiger partial charge in [0.25, 0.3) is 0 Å². The van der Waals surface area contributed by atoms with E-state index in [0.717, 1.165) is 6.42 Å². The van der Waals surface area contributed by atoms with E-state index in [9.17, 15) is 0 Å². The van der Waals surface area contributed by atoms with Gasteiger partial charge in [0, 0.05) is 0 Å². The molecule has 0 unspecified atom stereocenters. The first-order valence-corrected chi connectivity index (χ1v) is 4.32. The van der Waals surface area contributed by atoms with Crippen molar-refractivity contribution in [1.82, 2.24) is 0 Å². The quantitative estimate of drug-likeness (QED) is 0.602. The van der Waals surface area contributed by atoms with E-state index >= 15 is 0 Å². The van der Waals surface area contributed by atoms with Crippen LogP contribution in [0.5, 0.6) is 0 Å². The monoisotopic (exact) mass is 168 g/mol. The normalized spacial score (nSPS) is 29.2. The lowest BCUT2D eigenvalue weighted by Crippen LogP contribution is -2.26. The minimum absolute atomic E-state index is 0.110. The highest BCUT2D eigenvalue weighted by Gasteiger charge is 2.16. The van der Waals surface area contributed by atoms with Gasteiger partial charge >= 0.3 is 0 Å². The van der Waals surface area contributed by atoms with E-state index in [1.165, 1.54) is 0 Å². The second-order valence-corrected chi connectivity index (χ2v) is 3.13. The summed E-state index contributed by atoms with van der Waals surface area (Å²) >= 11 is 0. The summed E-state index contributed by atoms with van der Waals surface area (Å²) in [5.74, 6) is 0. The SMILES string of the molecule is C=C[C@H]1CC=C[C@H](OC(C)C)O1. The van der Waals surface area contributed by atoms with Gasteiger partial charge in [0.05, 0.1) is 12.2 Å². The van der Waals surface area contributed by atoms with Crippen LogP contribution in [0, 0.1) is 0 Å². The molecule has 0 radical (unpaired) electrons. The van der Waals surface area contributed by atoms with Crippen LogP contribution in [0.25, 0.3) is 0 Å². The van der Waals surface area contributed by atoms with Crippen molar-refractivity contribution in [2.75, 3.05) is 0 Å². The van der Waals surface area contributed by atoms with Crippen LogP contribution in [0.1, 0.15) is 20.3 Å². The second-order valence-electron chi connectivity index (χ2n) is 3.13. The molecule has 1 rings (SSSR count). The topological polar surface area (TPSA) is 18.5 Å². The summed E-state index contributed by atoms with van der Waals surface area (Å²) in [7, 11) is 0. The fourth-order valence-corrected chi connectivity index (χ4v) is 1.09. The Hall–Kier alpha value is -0.600. The zero-order chi connectivity index (χ0) is 8.97. The molecular weight excluding hydrogens is 152 g/mol. The molecule has 0 amide bonds. The predicted octanol–water partition coefficient (Wildman–Crippen LogP) is 2.27. The molecule has 0 saturated heterocycles. The van der Waals surface area contributed by atoms with Crippen molar-refractivity contribution in [3.63, 3.8) is 0 Å². The lowest BCUT2D eigenvalue weighted by atomic mass is 10.2. The molecule has 68 valence electrons. The van der Waals surface area contributed by atoms with Crippen molar-refractivity contribution < 1.29 is 9.47 Å². The smallest absolute Gasteiger partial charge is 0.177 e. The number of hydrogen-bond acceptors (Lipinski definition) is 2. The highest BCUT2D eigenvalue weighted by atomic mass is 16.7. The van der Waals surface area contributed by atoms with Gasteiger partial charge in [-0.3, -0.25) is 0 Å². The fourth-order valence-electron chi connectivity index (χ4n) is 1.09. The molecule has 1 heterocycles. The van der Waals surface area contributed by atoms with Crippen molar-refractivity contribution >= 4 is 0 Å². The molecule has 1 aliphatic heterocycles. The van der Waals surface area contributed by atoms with Crippen molar-refractivity contribution in [2.24, 2.45) is 0 Å². The summed E-state index contributed by atoms with van der Waals surface area (Å²) in [6.45, 7) is 7.67. The van der Waals surface area contributed by atoms with Gasteiger partial charge in [0.1, 0.15) is 0 Å². The summed E-state index contributed by atoms with van der Waals surface area (Å²) in [5.41, 5.74) is 0. The Kier molecular flexibility index (Phi) is 3.50. The van der Waals surface area contributed by atoms with Crippen LogP contribution in [0.3, 0.4) is 0 Å². The zero-order valence-corrected chi connectivity index (χ0v) is 7.69. The molecule has 0 N–H and O–H groups in total. The van der Waals surface area contributed by atoms with Gasteiger partial charge in [-0.25, -0.2) is 0 Å². The maximum absolute atomic E-state index is 5.52. The van der Waals surface area contributed by atoms with Gasteiger partial charge in [-0.05, 0) is 26.3 Å². The molecule has 0 spiro atoms. The van der Waals surface area contributed by atoms with E-state index in [1.54, 1.807) is 6.08 Å². The first kappa shape index (κ1) is 9.49. The van der Waals surface area contributed by atoms with Gasteiger partial charge in [0.2, 0.25) is 0 Å². The molecular formula is C10H16O2. The molecule has 12 heavy (non-hydrogen) atoms. The molecule has 0 bridgehead atoms. The zero-order valence-electron chi connectivity index (χ0n) is 7.69. The summed E-state index contributed by atoms with van der Waals surface area (Å²) in [5, 5.41) is 0. The van der Waals surface area contributed by atoms with E-state index in [1.807, 2.05) is 19.9 Å². The van der Waals surface area contributed by atoms with Gasteiger partial charge in [-0.1, -0.05) is 12.2 Å². The lowest BCUT2D eigenvalue weighted by molar-refractivity contribution is -0.154. The van der Waals surface area contributed by atoms with Gasteiger partial charge < -0.3 is 9.47 Å². The summed E-state index contributed by atoms with van der Waals surface area (Å²) in [6.07, 6.45) is 6.84. The Morgan fingerprint density at radius 2 is 2.42 bits per heavy atom. The van der Waals surface area contributed by atoms with Crippen LogP contribution < -0.4 is 0 Å². The second kappa shape index (κ2) is 4.43. The third-order valence-corrected chi connectivity index (χ3v) is 1.64. The maximum Gasteiger partial charge on any atom is 0.177 e. The molecule has 0 aromatic carbocycles. The Bertz CT molecular complexity index is 173. The van der Waals surface area contributed by atoms with Gasteiger partial charge in [-0.15, -0.1) is 6.58 Å². The largest absolute Gasteiger partial charge is 0.346 e. The highest BCUT2D eigenvalue weighted by Crippen LogP contribution is 2.14. The molecule has 2 atom stereocenters. The molecule has 2 heteroatoms. The van der Waals surface area contributed by atoms with Crippen molar-refractivity contribution in [1.29, 1.82) is 0 Å². The van der Waals surface area contributed by atoms with E-state index in [4.69, 9.17) is 9.47 Å². The van der Waals surface area contributed by atoms with E-state index in [-0.39, 0.29) is 18.5 Å². The number of rotatable bonds is 3. The standard InChI is InChI=1S/C10H16O2/c1-4-9-6-5-7-10(12-9)11-8(2)3/h4-5,7-10H,1,6H2,2-3H3/t9-,10+/m0/s1. The molecule has 2 nitrogen and oxygen atoms in total. The van der Waals surface area contributed by atoms with Crippen LogP contribution >= 0.6 is 0 Å². The van der Waals surface area contributed by atoms with Crippen LogP contribution in [0.15, 0.2) is 24.8 Å². The minimum atomic E-state index is -0.193. The van der Waals surface area contributed by atoms with Gasteiger partial charge in [0.15, 0.2) is 6.29 Å². The minimum Gasteiger partial charge on any atom is -0.346 e. The number of hydrogen-bond donors (Lipinski definition) is 0. The summed E-state index contributed by atoms with van der Waals surface area (Å²) in [6, 6.07) is 0. The van der Waals surface area contributed by atoms with Crippen molar-refractivity contribution in [3.8, 4) is 0 Å². The van der Waals surface area contributed by atoms with E-state index in [0.29, 0.717) is 0 Å². The first-order valence-electron chi connectivity index (χ1n) is 4.32. The Morgan fingerprint density at radius 3 is 3.00 bits per heavy atom. The highest BCUT2D eigenvalue weighted by molar-refractivity contribution is 4.97. The summed E-state index contributed by atoms with van der Waals surface area (Å²) < 4.78 is 11.0. The third-order valence-electron chi connectivity index (χ3n) is 1.64. The average Bonchev–Trinajstić information content (AvgIpc) is 2.03. The van der Waals surface area contributed by atoms with Crippen LogP contribution in [0.2, 0.25) is 0 Å². The molecule has 0 aliphatic carbocycles. The third kappa shape index (κ3) is 2.80. The Labute approximate surface area is 73.9 Å². The summed E-state index contributed by atoms with van der Waals surface area (Å²) in [4.78, 5) is 0. The van der Waals surface area contributed by atoms with Crippen molar-refractivity contribution in [2.45, 2.75) is 38.8 Å². The average molecular weight is 168 g/mol. The maximum atomic E-state index is 5.52.